The molecule has 0 heterocycles. The zero-order valence-electron chi connectivity index (χ0n) is 16.7. The zero-order chi connectivity index (χ0) is 19.0. The Bertz CT molecular complexity index is 381. The number of carbonyl (C=O) groups is 2. The van der Waals surface area contributed by atoms with Crippen LogP contribution in [0.5, 0.6) is 0 Å². The van der Waals surface area contributed by atoms with Gasteiger partial charge < -0.3 is 14.0 Å². The predicted octanol–water partition coefficient (Wildman–Crippen LogP) is 3.87. The largest absolute Gasteiger partial charge is 0.463 e. The van der Waals surface area contributed by atoms with Crippen molar-refractivity contribution in [1.82, 2.24) is 0 Å². The molecule has 25 heavy (non-hydrogen) atoms. The number of esters is 2. The van der Waals surface area contributed by atoms with Crippen LogP contribution in [0.25, 0.3) is 0 Å². The van der Waals surface area contributed by atoms with Crippen molar-refractivity contribution in [1.29, 1.82) is 0 Å². The average Bonchev–Trinajstić information content (AvgIpc) is 2.63. The third kappa shape index (κ3) is 11.8. The third-order valence-electron chi connectivity index (χ3n) is 4.92. The highest BCUT2D eigenvalue weighted by Gasteiger charge is 2.20. The fourth-order valence-electron chi connectivity index (χ4n) is 2.77. The molecule has 0 unspecified atom stereocenters. The standard InChI is InChI=1S/C20H38NO4/c1-5-9-10-11-12-13-17-24-19(22)14-15-20(23)25-18-16-21(6-2,7-3)8-4/h14-15H,5-13,16-18H2,1-4H3/q+1/b15-14-. The molecule has 0 saturated carbocycles. The molecular weight excluding hydrogens is 318 g/mol. The summed E-state index contributed by atoms with van der Waals surface area (Å²) in [5.41, 5.74) is 0. The molecule has 0 bridgehead atoms. The van der Waals surface area contributed by atoms with Crippen LogP contribution in [-0.4, -0.2) is 55.8 Å². The lowest BCUT2D eigenvalue weighted by atomic mass is 10.1. The van der Waals surface area contributed by atoms with E-state index in [1.807, 2.05) is 0 Å². The van der Waals surface area contributed by atoms with Crippen molar-refractivity contribution in [2.45, 2.75) is 66.2 Å². The van der Waals surface area contributed by atoms with Crippen LogP contribution in [0.2, 0.25) is 0 Å². The first kappa shape index (κ1) is 23.6. The molecule has 0 saturated heterocycles. The highest BCUT2D eigenvalue weighted by Crippen LogP contribution is 2.06. The average molecular weight is 357 g/mol. The van der Waals surface area contributed by atoms with Gasteiger partial charge in [0.1, 0.15) is 13.2 Å². The Morgan fingerprint density at radius 1 is 0.720 bits per heavy atom. The van der Waals surface area contributed by atoms with Crippen LogP contribution >= 0.6 is 0 Å². The number of hydrogen-bond donors (Lipinski definition) is 0. The monoisotopic (exact) mass is 356 g/mol. The second-order valence-corrected chi connectivity index (χ2v) is 6.45. The number of ether oxygens (including phenoxy) is 2. The highest BCUT2D eigenvalue weighted by atomic mass is 16.5. The molecule has 0 aromatic heterocycles. The van der Waals surface area contributed by atoms with E-state index in [9.17, 15) is 9.59 Å². The Balaban J connectivity index is 3.85. The van der Waals surface area contributed by atoms with Crippen molar-refractivity contribution < 1.29 is 23.5 Å². The maximum atomic E-state index is 11.7. The Morgan fingerprint density at radius 3 is 1.72 bits per heavy atom. The van der Waals surface area contributed by atoms with E-state index in [1.165, 1.54) is 25.7 Å². The van der Waals surface area contributed by atoms with Crippen molar-refractivity contribution >= 4 is 11.9 Å². The molecule has 0 aliphatic heterocycles. The van der Waals surface area contributed by atoms with E-state index in [2.05, 4.69) is 27.7 Å². The number of unbranched alkanes of at least 4 members (excludes halogenated alkanes) is 5. The SMILES string of the molecule is CCCCCCCCOC(=O)/C=C\C(=O)OCC[N+](CC)(CC)CC. The van der Waals surface area contributed by atoms with Crippen LogP contribution in [0, 0.1) is 0 Å². The molecular formula is C20H38NO4+. The minimum atomic E-state index is -0.488. The topological polar surface area (TPSA) is 52.6 Å². The second-order valence-electron chi connectivity index (χ2n) is 6.45. The molecule has 5 nitrogen and oxygen atoms in total. The van der Waals surface area contributed by atoms with Crippen molar-refractivity contribution in [3.63, 3.8) is 0 Å². The van der Waals surface area contributed by atoms with Gasteiger partial charge in [-0.05, 0) is 27.2 Å². The molecule has 0 amide bonds. The summed E-state index contributed by atoms with van der Waals surface area (Å²) >= 11 is 0. The quantitative estimate of drug-likeness (QED) is 0.193. The maximum Gasteiger partial charge on any atom is 0.331 e. The van der Waals surface area contributed by atoms with Gasteiger partial charge in [0.2, 0.25) is 0 Å². The van der Waals surface area contributed by atoms with E-state index in [0.29, 0.717) is 13.2 Å². The number of hydrogen-bond acceptors (Lipinski definition) is 4. The molecule has 0 N–H and O–H groups in total. The summed E-state index contributed by atoms with van der Waals surface area (Å²) in [5, 5.41) is 0. The van der Waals surface area contributed by atoms with Crippen LogP contribution in [0.4, 0.5) is 0 Å². The van der Waals surface area contributed by atoms with Crippen LogP contribution < -0.4 is 0 Å². The number of likely N-dealkylation sites (N-methyl/N-ethyl adjacent to an activating group) is 1. The molecule has 0 aliphatic rings. The van der Waals surface area contributed by atoms with E-state index in [-0.39, 0.29) is 0 Å². The van der Waals surface area contributed by atoms with Gasteiger partial charge in [-0.1, -0.05) is 39.0 Å². The molecule has 0 aromatic rings. The summed E-state index contributed by atoms with van der Waals surface area (Å²) in [6.45, 7) is 13.3. The van der Waals surface area contributed by atoms with Gasteiger partial charge in [-0.2, -0.15) is 0 Å². The van der Waals surface area contributed by atoms with Crippen LogP contribution in [-0.2, 0) is 19.1 Å². The van der Waals surface area contributed by atoms with Crippen molar-refractivity contribution in [2.75, 3.05) is 39.4 Å². The molecule has 0 aromatic carbocycles. The van der Waals surface area contributed by atoms with Crippen molar-refractivity contribution in [3.8, 4) is 0 Å². The van der Waals surface area contributed by atoms with E-state index in [4.69, 9.17) is 9.47 Å². The van der Waals surface area contributed by atoms with Crippen LogP contribution in [0.3, 0.4) is 0 Å². The maximum absolute atomic E-state index is 11.7. The predicted molar refractivity (Wildman–Crippen MR) is 101 cm³/mol. The zero-order valence-corrected chi connectivity index (χ0v) is 16.7. The third-order valence-corrected chi connectivity index (χ3v) is 4.92. The van der Waals surface area contributed by atoms with Crippen LogP contribution in [0.15, 0.2) is 12.2 Å². The first-order valence-electron chi connectivity index (χ1n) is 9.90. The first-order valence-corrected chi connectivity index (χ1v) is 9.90. The number of nitrogens with zero attached hydrogens (tertiary/aromatic N) is 1. The van der Waals surface area contributed by atoms with Gasteiger partial charge in [0.15, 0.2) is 0 Å². The second kappa shape index (κ2) is 14.9. The summed E-state index contributed by atoms with van der Waals surface area (Å²) in [7, 11) is 0. The summed E-state index contributed by atoms with van der Waals surface area (Å²) in [5.74, 6) is -0.968. The summed E-state index contributed by atoms with van der Waals surface area (Å²) in [6, 6.07) is 0. The van der Waals surface area contributed by atoms with E-state index in [0.717, 1.165) is 55.7 Å². The van der Waals surface area contributed by atoms with Crippen LogP contribution in [0.1, 0.15) is 66.2 Å². The molecule has 0 aliphatic carbocycles. The first-order chi connectivity index (χ1) is 12.0. The Labute approximate surface area is 154 Å². The molecule has 0 fully saturated rings. The van der Waals surface area contributed by atoms with E-state index >= 15 is 0 Å². The molecule has 0 radical (unpaired) electrons. The van der Waals surface area contributed by atoms with E-state index < -0.39 is 11.9 Å². The Hall–Kier alpha value is -1.36. The van der Waals surface area contributed by atoms with Gasteiger partial charge >= 0.3 is 11.9 Å². The van der Waals surface area contributed by atoms with Crippen molar-refractivity contribution in [3.05, 3.63) is 12.2 Å². The number of quaternary nitrogens is 1. The molecule has 146 valence electrons. The lowest BCUT2D eigenvalue weighted by molar-refractivity contribution is -0.923. The smallest absolute Gasteiger partial charge is 0.331 e. The summed E-state index contributed by atoms with van der Waals surface area (Å²) < 4.78 is 11.2. The highest BCUT2D eigenvalue weighted by molar-refractivity contribution is 5.91. The molecule has 5 heteroatoms. The Kier molecular flexibility index (Phi) is 14.1. The van der Waals surface area contributed by atoms with Crippen molar-refractivity contribution in [2.24, 2.45) is 0 Å². The lowest BCUT2D eigenvalue weighted by Gasteiger charge is -2.35. The van der Waals surface area contributed by atoms with Gasteiger partial charge in [-0.25, -0.2) is 9.59 Å². The molecule has 0 atom stereocenters. The molecule has 0 spiro atoms. The van der Waals surface area contributed by atoms with Gasteiger partial charge in [0.25, 0.3) is 0 Å². The van der Waals surface area contributed by atoms with Gasteiger partial charge in [0.05, 0.1) is 26.2 Å². The van der Waals surface area contributed by atoms with Gasteiger partial charge in [0, 0.05) is 12.2 Å². The summed E-state index contributed by atoms with van der Waals surface area (Å²) in [6.07, 6.45) is 9.17. The van der Waals surface area contributed by atoms with Gasteiger partial charge in [-0.3, -0.25) is 0 Å². The fourth-order valence-corrected chi connectivity index (χ4v) is 2.77. The minimum absolute atomic E-state index is 0.367. The minimum Gasteiger partial charge on any atom is -0.463 e. The Morgan fingerprint density at radius 2 is 1.20 bits per heavy atom. The number of rotatable bonds is 15. The lowest BCUT2D eigenvalue weighted by Crippen LogP contribution is -2.49. The normalized spacial score (nSPS) is 11.7. The summed E-state index contributed by atoms with van der Waals surface area (Å²) in [4.78, 5) is 23.2. The fraction of sp³-hybridized carbons (Fsp3) is 0.800. The van der Waals surface area contributed by atoms with Gasteiger partial charge in [-0.15, -0.1) is 0 Å². The molecule has 0 rings (SSSR count). The van der Waals surface area contributed by atoms with E-state index in [1.54, 1.807) is 0 Å². The number of carbonyl (C=O) groups excluding carboxylic acids is 2.